The minimum Gasteiger partial charge on any atom is -0.279 e. The van der Waals surface area contributed by atoms with Crippen LogP contribution in [0.4, 0.5) is 0 Å². The molecule has 0 radical (unpaired) electrons. The van der Waals surface area contributed by atoms with E-state index in [-0.39, 0.29) is 22.5 Å². The van der Waals surface area contributed by atoms with Crippen molar-refractivity contribution in [2.45, 2.75) is 5.03 Å². The molecule has 0 spiro atoms. The molecule has 12 heteroatoms. The zero-order chi connectivity index (χ0) is 15.0. The van der Waals surface area contributed by atoms with Gasteiger partial charge in [0, 0.05) is 18.1 Å². The third-order valence-corrected chi connectivity index (χ3v) is 6.39. The van der Waals surface area contributed by atoms with E-state index in [4.69, 9.17) is 11.6 Å². The first-order valence-electron chi connectivity index (χ1n) is 5.29. The quantitative estimate of drug-likeness (QED) is 0.748. The fraction of sp³-hybridized carbons (Fsp3) is 0.375. The molecule has 0 aliphatic heterocycles. The van der Waals surface area contributed by atoms with Crippen LogP contribution in [0.15, 0.2) is 16.6 Å². The summed E-state index contributed by atoms with van der Waals surface area (Å²) >= 11 is 7.05. The molecule has 0 bridgehead atoms. The van der Waals surface area contributed by atoms with Gasteiger partial charge in [0.1, 0.15) is 0 Å². The molecule has 2 aromatic rings. The van der Waals surface area contributed by atoms with E-state index in [0.717, 1.165) is 0 Å². The highest BCUT2D eigenvalue weighted by Crippen LogP contribution is 2.24. The summed E-state index contributed by atoms with van der Waals surface area (Å²) in [6.45, 7) is -0.265. The van der Waals surface area contributed by atoms with Crippen molar-refractivity contribution >= 4 is 47.9 Å². The van der Waals surface area contributed by atoms with E-state index >= 15 is 0 Å². The number of fused-ring (bicyclic) bond motifs is 1. The molecule has 0 unspecified atom stereocenters. The number of aromatic nitrogens is 2. The highest BCUT2D eigenvalue weighted by atomic mass is 35.5. The summed E-state index contributed by atoms with van der Waals surface area (Å²) in [4.78, 5) is 4.35. The minimum absolute atomic E-state index is 0.152. The average Bonchev–Trinajstić information content (AvgIpc) is 2.87. The molecule has 2 N–H and O–H groups in total. The van der Waals surface area contributed by atoms with E-state index in [9.17, 15) is 16.8 Å². The Morgan fingerprint density at radius 1 is 1.40 bits per heavy atom. The molecule has 0 atom stereocenters. The fourth-order valence-corrected chi connectivity index (χ4v) is 4.64. The molecule has 2 heterocycles. The Morgan fingerprint density at radius 3 is 2.75 bits per heavy atom. The summed E-state index contributed by atoms with van der Waals surface area (Å²) in [5.74, 6) is -0.369. The second kappa shape index (κ2) is 5.58. The first kappa shape index (κ1) is 15.7. The van der Waals surface area contributed by atoms with Crippen LogP contribution in [0.25, 0.3) is 4.96 Å². The van der Waals surface area contributed by atoms with Gasteiger partial charge in [0.25, 0.3) is 10.0 Å². The van der Waals surface area contributed by atoms with E-state index < -0.39 is 20.0 Å². The van der Waals surface area contributed by atoms with Gasteiger partial charge < -0.3 is 0 Å². The Kier molecular flexibility index (Phi) is 4.37. The van der Waals surface area contributed by atoms with Crippen molar-refractivity contribution in [3.63, 3.8) is 0 Å². The van der Waals surface area contributed by atoms with Crippen molar-refractivity contribution in [3.8, 4) is 0 Å². The summed E-state index contributed by atoms with van der Waals surface area (Å²) in [6.07, 6.45) is 1.53. The van der Waals surface area contributed by atoms with Gasteiger partial charge in [-0.3, -0.25) is 4.40 Å². The lowest BCUT2D eigenvalue weighted by Crippen LogP contribution is -2.33. The maximum absolute atomic E-state index is 12.1. The van der Waals surface area contributed by atoms with Crippen molar-refractivity contribution in [2.75, 3.05) is 19.3 Å². The lowest BCUT2D eigenvalue weighted by Gasteiger charge is -2.06. The number of hydrogen-bond acceptors (Lipinski definition) is 6. The summed E-state index contributed by atoms with van der Waals surface area (Å²) in [6, 6.07) is 0. The predicted octanol–water partition coefficient (Wildman–Crippen LogP) is -0.123. The second-order valence-corrected chi connectivity index (χ2v) is 8.64. The molecule has 0 aromatic carbocycles. The smallest absolute Gasteiger partial charge is 0.259 e. The van der Waals surface area contributed by atoms with E-state index in [1.54, 1.807) is 5.38 Å². The number of thiazole rings is 1. The summed E-state index contributed by atoms with van der Waals surface area (Å²) in [5.41, 5.74) is 0. The summed E-state index contributed by atoms with van der Waals surface area (Å²) < 4.78 is 52.3. The normalized spacial score (nSPS) is 13.1. The lowest BCUT2D eigenvalue weighted by atomic mass is 10.8. The number of hydrogen-bond donors (Lipinski definition) is 2. The number of nitrogens with one attached hydrogen (secondary N) is 2. The van der Waals surface area contributed by atoms with Crippen molar-refractivity contribution in [1.29, 1.82) is 0 Å². The van der Waals surface area contributed by atoms with Crippen molar-refractivity contribution in [2.24, 2.45) is 0 Å². The molecule has 0 fully saturated rings. The maximum Gasteiger partial charge on any atom is 0.259 e. The van der Waals surface area contributed by atoms with Crippen LogP contribution in [0.3, 0.4) is 0 Å². The first-order valence-corrected chi connectivity index (χ1v) is 9.68. The average molecular weight is 359 g/mol. The molecule has 112 valence electrons. The van der Waals surface area contributed by atoms with Gasteiger partial charge in [-0.1, -0.05) is 11.6 Å². The van der Waals surface area contributed by atoms with Crippen LogP contribution in [-0.4, -0.2) is 45.6 Å². The second-order valence-electron chi connectivity index (χ2n) is 3.68. The van der Waals surface area contributed by atoms with Gasteiger partial charge in [-0.2, -0.15) is 0 Å². The van der Waals surface area contributed by atoms with Gasteiger partial charge >= 0.3 is 0 Å². The Labute approximate surface area is 124 Å². The first-order chi connectivity index (χ1) is 9.27. The van der Waals surface area contributed by atoms with Crippen LogP contribution < -0.4 is 9.44 Å². The molecule has 0 saturated carbocycles. The van der Waals surface area contributed by atoms with Crippen LogP contribution in [-0.2, 0) is 20.0 Å². The molecule has 2 aromatic heterocycles. The molecule has 2 rings (SSSR count). The molecule has 0 amide bonds. The van der Waals surface area contributed by atoms with E-state index in [2.05, 4.69) is 14.4 Å². The zero-order valence-electron chi connectivity index (χ0n) is 10.2. The van der Waals surface area contributed by atoms with Gasteiger partial charge in [0.2, 0.25) is 10.0 Å². The zero-order valence-corrected chi connectivity index (χ0v) is 13.4. The molecule has 0 saturated heterocycles. The molecule has 20 heavy (non-hydrogen) atoms. The van der Waals surface area contributed by atoms with Gasteiger partial charge in [-0.25, -0.2) is 31.3 Å². The van der Waals surface area contributed by atoms with Crippen molar-refractivity contribution < 1.29 is 16.8 Å². The standard InChI is InChI=1S/C8H11ClN4O4S3/c1-10-19(14,15)5-2-11-20(16,17)7-6(9)12-8-13(7)3-4-18-8/h3-4,10-11H,2,5H2,1H3. The minimum atomic E-state index is -3.94. The third kappa shape index (κ3) is 3.13. The third-order valence-electron chi connectivity index (χ3n) is 2.41. The highest BCUT2D eigenvalue weighted by molar-refractivity contribution is 7.90. The predicted molar refractivity (Wildman–Crippen MR) is 76.1 cm³/mol. The Bertz CT molecular complexity index is 823. The van der Waals surface area contributed by atoms with Crippen LogP contribution in [0, 0.1) is 0 Å². The Hall–Kier alpha value is -0.720. The number of rotatable bonds is 6. The summed E-state index contributed by atoms with van der Waals surface area (Å²) in [5, 5.41) is 1.32. The van der Waals surface area contributed by atoms with E-state index in [1.807, 2.05) is 0 Å². The highest BCUT2D eigenvalue weighted by Gasteiger charge is 2.25. The fourth-order valence-electron chi connectivity index (χ4n) is 1.46. The molecular weight excluding hydrogens is 348 g/mol. The van der Waals surface area contributed by atoms with Crippen molar-refractivity contribution in [1.82, 2.24) is 18.8 Å². The van der Waals surface area contributed by atoms with Gasteiger partial charge in [-0.05, 0) is 7.05 Å². The van der Waals surface area contributed by atoms with E-state index in [0.29, 0.717) is 4.96 Å². The maximum atomic E-state index is 12.1. The Balaban J connectivity index is 2.23. The van der Waals surface area contributed by atoms with Crippen LogP contribution >= 0.6 is 22.9 Å². The molecule has 0 aliphatic rings. The Morgan fingerprint density at radius 2 is 2.10 bits per heavy atom. The molecule has 0 aliphatic carbocycles. The molecule has 8 nitrogen and oxygen atoms in total. The number of halogens is 1. The van der Waals surface area contributed by atoms with E-state index in [1.165, 1.54) is 29.0 Å². The van der Waals surface area contributed by atoms with Crippen molar-refractivity contribution in [3.05, 3.63) is 16.7 Å². The lowest BCUT2D eigenvalue weighted by molar-refractivity contribution is 0.575. The largest absolute Gasteiger partial charge is 0.279 e. The summed E-state index contributed by atoms with van der Waals surface area (Å²) in [7, 11) is -6.17. The SMILES string of the molecule is CNS(=O)(=O)CCNS(=O)(=O)c1c(Cl)nc2sccn12. The molecular formula is C8H11ClN4O4S3. The van der Waals surface area contributed by atoms with Gasteiger partial charge in [0.05, 0.1) is 5.75 Å². The number of nitrogens with zero attached hydrogens (tertiary/aromatic N) is 2. The topological polar surface area (TPSA) is 110 Å². The van der Waals surface area contributed by atoms with Crippen LogP contribution in [0.2, 0.25) is 5.15 Å². The van der Waals surface area contributed by atoms with Crippen LogP contribution in [0.5, 0.6) is 0 Å². The van der Waals surface area contributed by atoms with Crippen LogP contribution in [0.1, 0.15) is 0 Å². The monoisotopic (exact) mass is 358 g/mol. The van der Waals surface area contributed by atoms with Gasteiger partial charge in [0.15, 0.2) is 15.1 Å². The number of imidazole rings is 1. The number of sulfonamides is 2. The van der Waals surface area contributed by atoms with Gasteiger partial charge in [-0.15, -0.1) is 11.3 Å².